The second-order valence-corrected chi connectivity index (χ2v) is 3.24. The minimum atomic E-state index is -5.19. The van der Waals surface area contributed by atoms with E-state index < -0.39 is 18.6 Å². The van der Waals surface area contributed by atoms with Crippen molar-refractivity contribution in [1.29, 1.82) is 5.26 Å². The van der Waals surface area contributed by atoms with Crippen molar-refractivity contribution >= 4 is 0 Å². The second kappa shape index (κ2) is 4.61. The first-order valence-corrected chi connectivity index (χ1v) is 4.41. The zero-order chi connectivity index (χ0) is 13.1. The molecule has 2 N–H and O–H groups in total. The molecule has 0 saturated carbocycles. The zero-order valence-corrected chi connectivity index (χ0v) is 8.40. The number of hydrogen-bond donors (Lipinski definition) is 2. The summed E-state index contributed by atoms with van der Waals surface area (Å²) in [4.78, 5) is 0. The Hall–Kier alpha value is -1.78. The molecule has 0 aliphatic rings. The van der Waals surface area contributed by atoms with Crippen LogP contribution in [-0.4, -0.2) is 28.8 Å². The number of ether oxygens (including phenoxy) is 1. The summed E-state index contributed by atoms with van der Waals surface area (Å²) in [5.74, 6) is -3.90. The molecular formula is C10H8F3NO3. The Kier molecular flexibility index (Phi) is 3.60. The van der Waals surface area contributed by atoms with Crippen molar-refractivity contribution in [2.45, 2.75) is 12.0 Å². The lowest BCUT2D eigenvalue weighted by atomic mass is 10.2. The maximum Gasteiger partial charge on any atom is 0.446 e. The highest BCUT2D eigenvalue weighted by atomic mass is 19.4. The predicted molar refractivity (Wildman–Crippen MR) is 49.9 cm³/mol. The molecule has 0 unspecified atom stereocenters. The van der Waals surface area contributed by atoms with Gasteiger partial charge in [0.15, 0.2) is 6.61 Å². The van der Waals surface area contributed by atoms with Gasteiger partial charge in [-0.15, -0.1) is 0 Å². The molecule has 1 aromatic rings. The van der Waals surface area contributed by atoms with E-state index in [0.717, 1.165) is 0 Å². The number of rotatable bonds is 3. The van der Waals surface area contributed by atoms with Crippen LogP contribution in [0.2, 0.25) is 0 Å². The van der Waals surface area contributed by atoms with Gasteiger partial charge >= 0.3 is 6.18 Å². The van der Waals surface area contributed by atoms with Crippen LogP contribution in [0.1, 0.15) is 5.56 Å². The summed E-state index contributed by atoms with van der Waals surface area (Å²) >= 11 is 0. The molecule has 0 heterocycles. The lowest BCUT2D eigenvalue weighted by Crippen LogP contribution is -2.49. The highest BCUT2D eigenvalue weighted by Gasteiger charge is 2.53. The zero-order valence-electron chi connectivity index (χ0n) is 8.40. The Labute approximate surface area is 94.5 Å². The summed E-state index contributed by atoms with van der Waals surface area (Å²) < 4.78 is 40.7. The fourth-order valence-electron chi connectivity index (χ4n) is 0.891. The van der Waals surface area contributed by atoms with Crippen LogP contribution in [-0.2, 0) is 0 Å². The van der Waals surface area contributed by atoms with E-state index in [4.69, 9.17) is 15.5 Å². The van der Waals surface area contributed by atoms with E-state index in [0.29, 0.717) is 5.56 Å². The Morgan fingerprint density at radius 3 is 2.12 bits per heavy atom. The number of nitriles is 1. The van der Waals surface area contributed by atoms with Crippen LogP contribution < -0.4 is 4.74 Å². The first-order valence-electron chi connectivity index (χ1n) is 4.41. The first kappa shape index (κ1) is 13.3. The van der Waals surface area contributed by atoms with Gasteiger partial charge in [0.2, 0.25) is 0 Å². The normalized spacial score (nSPS) is 12.0. The topological polar surface area (TPSA) is 73.5 Å². The van der Waals surface area contributed by atoms with Crippen molar-refractivity contribution in [3.63, 3.8) is 0 Å². The SMILES string of the molecule is N#Cc1ccc(OCC(O)(O)C(F)(F)F)cc1. The van der Waals surface area contributed by atoms with Gasteiger partial charge < -0.3 is 14.9 Å². The molecule has 0 amide bonds. The highest BCUT2D eigenvalue weighted by molar-refractivity contribution is 5.34. The lowest BCUT2D eigenvalue weighted by Gasteiger charge is -2.24. The molecule has 0 fully saturated rings. The third kappa shape index (κ3) is 3.34. The smallest absolute Gasteiger partial charge is 0.446 e. The standard InChI is InChI=1S/C10H8F3NO3/c11-10(12,13)9(15,16)6-17-8-3-1-7(5-14)2-4-8/h1-4,15-16H,6H2. The van der Waals surface area contributed by atoms with E-state index in [9.17, 15) is 13.2 Å². The third-order valence-electron chi connectivity index (χ3n) is 1.88. The van der Waals surface area contributed by atoms with Crippen molar-refractivity contribution in [1.82, 2.24) is 0 Å². The average molecular weight is 247 g/mol. The number of benzene rings is 1. The summed E-state index contributed by atoms with van der Waals surface area (Å²) in [6.07, 6.45) is -5.19. The van der Waals surface area contributed by atoms with Gasteiger partial charge in [-0.3, -0.25) is 0 Å². The van der Waals surface area contributed by atoms with Crippen molar-refractivity contribution in [3.8, 4) is 11.8 Å². The van der Waals surface area contributed by atoms with Crippen LogP contribution in [0.4, 0.5) is 13.2 Å². The largest absolute Gasteiger partial charge is 0.488 e. The first-order chi connectivity index (χ1) is 7.76. The third-order valence-corrected chi connectivity index (χ3v) is 1.88. The minimum Gasteiger partial charge on any atom is -0.488 e. The summed E-state index contributed by atoms with van der Waals surface area (Å²) in [5.41, 5.74) is 0.312. The summed E-state index contributed by atoms with van der Waals surface area (Å²) in [5, 5.41) is 25.8. The van der Waals surface area contributed by atoms with E-state index >= 15 is 0 Å². The van der Waals surface area contributed by atoms with Gasteiger partial charge in [-0.2, -0.15) is 18.4 Å². The maximum absolute atomic E-state index is 12.0. The van der Waals surface area contributed by atoms with E-state index in [1.54, 1.807) is 0 Å². The lowest BCUT2D eigenvalue weighted by molar-refractivity contribution is -0.355. The van der Waals surface area contributed by atoms with E-state index in [-0.39, 0.29) is 5.75 Å². The molecule has 0 aromatic heterocycles. The maximum atomic E-state index is 12.0. The Morgan fingerprint density at radius 2 is 1.71 bits per heavy atom. The van der Waals surface area contributed by atoms with Crippen molar-refractivity contribution in [2.75, 3.05) is 6.61 Å². The quantitative estimate of drug-likeness (QED) is 0.786. The van der Waals surface area contributed by atoms with E-state index in [1.165, 1.54) is 24.3 Å². The van der Waals surface area contributed by atoms with Gasteiger partial charge in [0.1, 0.15) is 5.75 Å². The van der Waals surface area contributed by atoms with Crippen LogP contribution >= 0.6 is 0 Å². The number of halogens is 3. The molecule has 4 nitrogen and oxygen atoms in total. The molecular weight excluding hydrogens is 239 g/mol. The summed E-state index contributed by atoms with van der Waals surface area (Å²) in [6.45, 7) is -1.34. The predicted octanol–water partition coefficient (Wildman–Crippen LogP) is 1.18. The van der Waals surface area contributed by atoms with Gasteiger partial charge in [-0.1, -0.05) is 0 Å². The van der Waals surface area contributed by atoms with Crippen LogP contribution in [0.15, 0.2) is 24.3 Å². The molecule has 0 aliphatic heterocycles. The molecule has 17 heavy (non-hydrogen) atoms. The number of aliphatic hydroxyl groups is 2. The monoisotopic (exact) mass is 247 g/mol. The second-order valence-electron chi connectivity index (χ2n) is 3.24. The summed E-state index contributed by atoms with van der Waals surface area (Å²) in [7, 11) is 0. The fraction of sp³-hybridized carbons (Fsp3) is 0.300. The van der Waals surface area contributed by atoms with Crippen LogP contribution in [0.25, 0.3) is 0 Å². The van der Waals surface area contributed by atoms with Gasteiger partial charge in [-0.05, 0) is 24.3 Å². The molecule has 1 rings (SSSR count). The van der Waals surface area contributed by atoms with E-state index in [2.05, 4.69) is 4.74 Å². The molecule has 0 aliphatic carbocycles. The summed E-state index contributed by atoms with van der Waals surface area (Å²) in [6, 6.07) is 6.99. The number of alkyl halides is 3. The fourth-order valence-corrected chi connectivity index (χ4v) is 0.891. The molecule has 7 heteroatoms. The molecule has 0 atom stereocenters. The van der Waals surface area contributed by atoms with Crippen molar-refractivity contribution in [2.24, 2.45) is 0 Å². The Morgan fingerprint density at radius 1 is 1.18 bits per heavy atom. The van der Waals surface area contributed by atoms with Crippen LogP contribution in [0, 0.1) is 11.3 Å². The molecule has 1 aromatic carbocycles. The Bertz CT molecular complexity index is 420. The van der Waals surface area contributed by atoms with E-state index in [1.807, 2.05) is 6.07 Å². The number of nitrogens with zero attached hydrogens (tertiary/aromatic N) is 1. The molecule has 92 valence electrons. The average Bonchev–Trinajstić information content (AvgIpc) is 2.25. The Balaban J connectivity index is 2.65. The highest BCUT2D eigenvalue weighted by Crippen LogP contribution is 2.28. The molecule has 0 spiro atoms. The minimum absolute atomic E-state index is 0.000671. The van der Waals surface area contributed by atoms with Gasteiger partial charge in [0.25, 0.3) is 5.79 Å². The van der Waals surface area contributed by atoms with Gasteiger partial charge in [0, 0.05) is 0 Å². The molecule has 0 bridgehead atoms. The van der Waals surface area contributed by atoms with Crippen LogP contribution in [0.3, 0.4) is 0 Å². The van der Waals surface area contributed by atoms with Gasteiger partial charge in [-0.25, -0.2) is 0 Å². The number of hydrogen-bond acceptors (Lipinski definition) is 4. The molecule has 0 radical (unpaired) electrons. The van der Waals surface area contributed by atoms with Gasteiger partial charge in [0.05, 0.1) is 11.6 Å². The molecule has 0 saturated heterocycles. The van der Waals surface area contributed by atoms with Crippen molar-refractivity contribution in [3.05, 3.63) is 29.8 Å². The van der Waals surface area contributed by atoms with Crippen LogP contribution in [0.5, 0.6) is 5.75 Å². The van der Waals surface area contributed by atoms with Crippen molar-refractivity contribution < 1.29 is 28.1 Å².